The van der Waals surface area contributed by atoms with Gasteiger partial charge in [0.15, 0.2) is 0 Å². The first-order chi connectivity index (χ1) is 13.8. The van der Waals surface area contributed by atoms with Gasteiger partial charge in [-0.3, -0.25) is 4.79 Å². The lowest BCUT2D eigenvalue weighted by Gasteiger charge is -2.14. The SMILES string of the molecule is CCOc1ccc(C=CC(=O)Nc2cc(C(F)(F)F)ccc2OCCOC)cc1. The Bertz CT molecular complexity index is 833. The number of alkyl halides is 3. The van der Waals surface area contributed by atoms with Crippen LogP contribution in [0.3, 0.4) is 0 Å². The van der Waals surface area contributed by atoms with Crippen molar-refractivity contribution in [3.63, 3.8) is 0 Å². The van der Waals surface area contributed by atoms with Crippen LogP contribution in [-0.4, -0.2) is 32.8 Å². The molecular formula is C21H22F3NO4. The second-order valence-corrected chi connectivity index (χ2v) is 5.87. The van der Waals surface area contributed by atoms with E-state index in [-0.39, 0.29) is 24.7 Å². The zero-order valence-corrected chi connectivity index (χ0v) is 16.1. The summed E-state index contributed by atoms with van der Waals surface area (Å²) in [5.41, 5.74) is -0.219. The molecule has 2 rings (SSSR count). The maximum Gasteiger partial charge on any atom is 0.416 e. The average molecular weight is 409 g/mol. The molecule has 1 N–H and O–H groups in total. The van der Waals surface area contributed by atoms with Crippen molar-refractivity contribution in [2.75, 3.05) is 32.2 Å². The molecule has 1 amide bonds. The fraction of sp³-hybridized carbons (Fsp3) is 0.286. The largest absolute Gasteiger partial charge is 0.494 e. The highest BCUT2D eigenvalue weighted by atomic mass is 19.4. The average Bonchev–Trinajstić information content (AvgIpc) is 2.68. The summed E-state index contributed by atoms with van der Waals surface area (Å²) >= 11 is 0. The maximum atomic E-state index is 13.0. The Balaban J connectivity index is 2.13. The van der Waals surface area contributed by atoms with Crippen molar-refractivity contribution in [3.8, 4) is 11.5 Å². The van der Waals surface area contributed by atoms with Gasteiger partial charge in [0.05, 0.1) is 24.5 Å². The van der Waals surface area contributed by atoms with Crippen LogP contribution in [0, 0.1) is 0 Å². The van der Waals surface area contributed by atoms with Crippen molar-refractivity contribution in [2.24, 2.45) is 0 Å². The number of hydrogen-bond donors (Lipinski definition) is 1. The molecule has 0 bridgehead atoms. The normalized spacial score (nSPS) is 11.5. The van der Waals surface area contributed by atoms with E-state index in [0.717, 1.165) is 17.7 Å². The number of halogens is 3. The molecule has 0 heterocycles. The topological polar surface area (TPSA) is 56.8 Å². The summed E-state index contributed by atoms with van der Waals surface area (Å²) in [6, 6.07) is 9.95. The molecule has 0 saturated carbocycles. The maximum absolute atomic E-state index is 13.0. The van der Waals surface area contributed by atoms with Crippen LogP contribution in [0.5, 0.6) is 11.5 Å². The molecule has 0 fully saturated rings. The molecule has 29 heavy (non-hydrogen) atoms. The highest BCUT2D eigenvalue weighted by Crippen LogP contribution is 2.35. The van der Waals surface area contributed by atoms with Gasteiger partial charge >= 0.3 is 6.18 Å². The summed E-state index contributed by atoms with van der Waals surface area (Å²) in [6.07, 6.45) is -1.76. The fourth-order valence-electron chi connectivity index (χ4n) is 2.35. The van der Waals surface area contributed by atoms with Gasteiger partial charge in [-0.25, -0.2) is 0 Å². The number of benzene rings is 2. The van der Waals surface area contributed by atoms with E-state index in [2.05, 4.69) is 5.32 Å². The van der Waals surface area contributed by atoms with Gasteiger partial charge in [-0.15, -0.1) is 0 Å². The smallest absolute Gasteiger partial charge is 0.416 e. The number of methoxy groups -OCH3 is 1. The molecule has 0 aliphatic rings. The molecule has 0 spiro atoms. The lowest BCUT2D eigenvalue weighted by molar-refractivity contribution is -0.137. The third-order valence-corrected chi connectivity index (χ3v) is 3.73. The highest BCUT2D eigenvalue weighted by Gasteiger charge is 2.31. The van der Waals surface area contributed by atoms with Crippen molar-refractivity contribution in [1.82, 2.24) is 0 Å². The van der Waals surface area contributed by atoms with E-state index < -0.39 is 17.6 Å². The predicted molar refractivity (Wildman–Crippen MR) is 104 cm³/mol. The minimum absolute atomic E-state index is 0.0720. The lowest BCUT2D eigenvalue weighted by Crippen LogP contribution is -2.13. The van der Waals surface area contributed by atoms with Gasteiger partial charge in [-0.1, -0.05) is 12.1 Å². The minimum Gasteiger partial charge on any atom is -0.494 e. The van der Waals surface area contributed by atoms with E-state index in [0.29, 0.717) is 12.4 Å². The second-order valence-electron chi connectivity index (χ2n) is 5.87. The molecule has 0 saturated heterocycles. The first-order valence-corrected chi connectivity index (χ1v) is 8.88. The summed E-state index contributed by atoms with van der Waals surface area (Å²) < 4.78 is 54.6. The number of anilines is 1. The van der Waals surface area contributed by atoms with Gasteiger partial charge in [0, 0.05) is 13.2 Å². The van der Waals surface area contributed by atoms with Gasteiger partial charge in [-0.05, 0) is 48.9 Å². The molecule has 2 aromatic carbocycles. The van der Waals surface area contributed by atoms with Crippen LogP contribution >= 0.6 is 0 Å². The Hall–Kier alpha value is -3.00. The molecule has 0 unspecified atom stereocenters. The summed E-state index contributed by atoms with van der Waals surface area (Å²) in [5, 5.41) is 2.44. The summed E-state index contributed by atoms with van der Waals surface area (Å²) in [5.74, 6) is 0.239. The Morgan fingerprint density at radius 2 is 1.79 bits per heavy atom. The van der Waals surface area contributed by atoms with Crippen molar-refractivity contribution >= 4 is 17.7 Å². The number of carbonyl (C=O) groups excluding carboxylic acids is 1. The molecule has 0 aromatic heterocycles. The molecule has 2 aromatic rings. The van der Waals surface area contributed by atoms with E-state index in [1.54, 1.807) is 30.3 Å². The minimum atomic E-state index is -4.54. The Kier molecular flexibility index (Phi) is 8.09. The Morgan fingerprint density at radius 3 is 2.41 bits per heavy atom. The number of nitrogens with one attached hydrogen (secondary N) is 1. The first kappa shape index (κ1) is 22.3. The summed E-state index contributed by atoms with van der Waals surface area (Å²) in [4.78, 5) is 12.2. The number of ether oxygens (including phenoxy) is 3. The zero-order chi connectivity index (χ0) is 21.3. The van der Waals surface area contributed by atoms with Crippen molar-refractivity contribution in [1.29, 1.82) is 0 Å². The molecule has 8 heteroatoms. The molecule has 0 atom stereocenters. The Morgan fingerprint density at radius 1 is 1.07 bits per heavy atom. The third kappa shape index (κ3) is 7.15. The van der Waals surface area contributed by atoms with Gasteiger partial charge in [-0.2, -0.15) is 13.2 Å². The van der Waals surface area contributed by atoms with Crippen LogP contribution in [0.25, 0.3) is 6.08 Å². The zero-order valence-electron chi connectivity index (χ0n) is 16.1. The van der Waals surface area contributed by atoms with Crippen molar-refractivity contribution < 1.29 is 32.2 Å². The van der Waals surface area contributed by atoms with Crippen LogP contribution in [0.4, 0.5) is 18.9 Å². The number of carbonyl (C=O) groups is 1. The van der Waals surface area contributed by atoms with Gasteiger partial charge in [0.25, 0.3) is 0 Å². The van der Waals surface area contributed by atoms with Crippen LogP contribution in [0.15, 0.2) is 48.5 Å². The molecule has 0 aliphatic carbocycles. The Labute approximate surface area is 167 Å². The predicted octanol–water partition coefficient (Wildman–Crippen LogP) is 4.78. The third-order valence-electron chi connectivity index (χ3n) is 3.73. The van der Waals surface area contributed by atoms with Crippen molar-refractivity contribution in [3.05, 3.63) is 59.7 Å². The lowest BCUT2D eigenvalue weighted by atomic mass is 10.1. The molecule has 0 aliphatic heterocycles. The van der Waals surface area contributed by atoms with E-state index >= 15 is 0 Å². The molecular weight excluding hydrogens is 387 g/mol. The summed E-state index contributed by atoms with van der Waals surface area (Å²) in [7, 11) is 1.48. The quantitative estimate of drug-likeness (QED) is 0.478. The van der Waals surface area contributed by atoms with Crippen LogP contribution in [-0.2, 0) is 15.7 Å². The molecule has 5 nitrogen and oxygen atoms in total. The van der Waals surface area contributed by atoms with Gasteiger partial charge in [0.2, 0.25) is 5.91 Å². The number of amides is 1. The first-order valence-electron chi connectivity index (χ1n) is 8.88. The van der Waals surface area contributed by atoms with E-state index in [1.807, 2.05) is 6.92 Å². The van der Waals surface area contributed by atoms with E-state index in [9.17, 15) is 18.0 Å². The monoisotopic (exact) mass is 409 g/mol. The number of rotatable bonds is 9. The fourth-order valence-corrected chi connectivity index (χ4v) is 2.35. The highest BCUT2D eigenvalue weighted by molar-refractivity contribution is 6.02. The van der Waals surface area contributed by atoms with Crippen LogP contribution in [0.2, 0.25) is 0 Å². The molecule has 0 radical (unpaired) electrons. The van der Waals surface area contributed by atoms with Crippen molar-refractivity contribution in [2.45, 2.75) is 13.1 Å². The summed E-state index contributed by atoms with van der Waals surface area (Å²) in [6.45, 7) is 2.81. The molecule has 156 valence electrons. The van der Waals surface area contributed by atoms with Gasteiger partial charge in [0.1, 0.15) is 18.1 Å². The number of hydrogen-bond acceptors (Lipinski definition) is 4. The van der Waals surface area contributed by atoms with E-state index in [4.69, 9.17) is 14.2 Å². The van der Waals surface area contributed by atoms with E-state index in [1.165, 1.54) is 19.3 Å². The second kappa shape index (κ2) is 10.5. The van der Waals surface area contributed by atoms with Crippen LogP contribution in [0.1, 0.15) is 18.1 Å². The van der Waals surface area contributed by atoms with Gasteiger partial charge < -0.3 is 19.5 Å². The standard InChI is InChI=1S/C21H22F3NO4/c1-3-28-17-8-4-15(5-9-17)6-11-20(26)25-18-14-16(21(22,23)24)7-10-19(18)29-13-12-27-2/h4-11,14H,3,12-13H2,1-2H3,(H,25,26). The van der Waals surface area contributed by atoms with Crippen LogP contribution < -0.4 is 14.8 Å².